The second-order valence-corrected chi connectivity index (χ2v) is 3.46. The molecule has 8 heteroatoms. The Morgan fingerprint density at radius 2 is 1.88 bits per heavy atom. The van der Waals surface area contributed by atoms with Crippen LogP contribution in [0, 0.1) is 0 Å². The Kier molecular flexibility index (Phi) is 6.64. The number of carbonyl (C=O) groups excluding carboxylic acids is 1. The summed E-state index contributed by atoms with van der Waals surface area (Å²) >= 11 is 0. The van der Waals surface area contributed by atoms with E-state index >= 15 is 0 Å². The molecule has 0 aliphatic rings. The van der Waals surface area contributed by atoms with Crippen LogP contribution in [0.3, 0.4) is 0 Å². The normalized spacial score (nSPS) is 11.6. The van der Waals surface area contributed by atoms with Gasteiger partial charge in [0.15, 0.2) is 0 Å². The van der Waals surface area contributed by atoms with Crippen molar-refractivity contribution < 1.29 is 24.6 Å². The lowest BCUT2D eigenvalue weighted by Gasteiger charge is -2.20. The fourth-order valence-electron chi connectivity index (χ4n) is 1.01. The summed E-state index contributed by atoms with van der Waals surface area (Å²) in [5.74, 6) is -2.65. The molecule has 0 fully saturated rings. The average Bonchev–Trinajstić information content (AvgIpc) is 2.23. The van der Waals surface area contributed by atoms with E-state index in [1.165, 1.54) is 11.9 Å². The maximum absolute atomic E-state index is 11.5. The molecular formula is C9H17N3O5. The monoisotopic (exact) mass is 247 g/mol. The molecule has 8 nitrogen and oxygen atoms in total. The number of carbonyl (C=O) groups is 3. The molecule has 0 spiro atoms. The molecule has 17 heavy (non-hydrogen) atoms. The SMILES string of the molecule is CNCCN(C)C(=O)N[C@H](CC(=O)O)C(=O)O. The van der Waals surface area contributed by atoms with Crippen molar-refractivity contribution in [1.29, 1.82) is 0 Å². The predicted molar refractivity (Wildman–Crippen MR) is 58.8 cm³/mol. The predicted octanol–water partition coefficient (Wildman–Crippen LogP) is -1.22. The van der Waals surface area contributed by atoms with Gasteiger partial charge in [0, 0.05) is 20.1 Å². The molecule has 0 saturated carbocycles. The maximum Gasteiger partial charge on any atom is 0.326 e. The van der Waals surface area contributed by atoms with E-state index < -0.39 is 30.4 Å². The lowest BCUT2D eigenvalue weighted by Crippen LogP contribution is -2.48. The molecule has 0 aromatic heterocycles. The summed E-state index contributed by atoms with van der Waals surface area (Å²) in [5, 5.41) is 22.2. The molecule has 0 rings (SSSR count). The summed E-state index contributed by atoms with van der Waals surface area (Å²) in [5.41, 5.74) is 0. The van der Waals surface area contributed by atoms with Crippen LogP contribution in [-0.4, -0.2) is 66.3 Å². The Balaban J connectivity index is 4.29. The first-order chi connectivity index (χ1) is 7.88. The van der Waals surface area contributed by atoms with Gasteiger partial charge in [0.05, 0.1) is 6.42 Å². The minimum Gasteiger partial charge on any atom is -0.481 e. The number of nitrogens with zero attached hydrogens (tertiary/aromatic N) is 1. The first kappa shape index (κ1) is 15.2. The quantitative estimate of drug-likeness (QED) is 0.447. The zero-order chi connectivity index (χ0) is 13.4. The van der Waals surface area contributed by atoms with Crippen molar-refractivity contribution >= 4 is 18.0 Å². The van der Waals surface area contributed by atoms with Crippen molar-refractivity contribution in [2.45, 2.75) is 12.5 Å². The lowest BCUT2D eigenvalue weighted by molar-refractivity contribution is -0.145. The van der Waals surface area contributed by atoms with Crippen molar-refractivity contribution in [2.75, 3.05) is 27.2 Å². The van der Waals surface area contributed by atoms with Gasteiger partial charge in [-0.25, -0.2) is 9.59 Å². The molecule has 0 heterocycles. The van der Waals surface area contributed by atoms with Gasteiger partial charge in [-0.05, 0) is 7.05 Å². The van der Waals surface area contributed by atoms with Gasteiger partial charge in [0.2, 0.25) is 0 Å². The smallest absolute Gasteiger partial charge is 0.326 e. The van der Waals surface area contributed by atoms with E-state index in [2.05, 4.69) is 10.6 Å². The number of hydrogen-bond donors (Lipinski definition) is 4. The summed E-state index contributed by atoms with van der Waals surface area (Å²) in [7, 11) is 3.21. The van der Waals surface area contributed by atoms with Crippen LogP contribution < -0.4 is 10.6 Å². The molecule has 0 saturated heterocycles. The van der Waals surface area contributed by atoms with Crippen LogP contribution in [0.5, 0.6) is 0 Å². The van der Waals surface area contributed by atoms with Crippen molar-refractivity contribution in [3.8, 4) is 0 Å². The van der Waals surface area contributed by atoms with E-state index in [-0.39, 0.29) is 0 Å². The fraction of sp³-hybridized carbons (Fsp3) is 0.667. The highest BCUT2D eigenvalue weighted by Crippen LogP contribution is 1.95. The van der Waals surface area contributed by atoms with Gasteiger partial charge in [-0.2, -0.15) is 0 Å². The van der Waals surface area contributed by atoms with Gasteiger partial charge in [0.25, 0.3) is 0 Å². The number of hydrogen-bond acceptors (Lipinski definition) is 4. The van der Waals surface area contributed by atoms with Crippen LogP contribution in [-0.2, 0) is 9.59 Å². The Morgan fingerprint density at radius 3 is 2.29 bits per heavy atom. The number of urea groups is 1. The van der Waals surface area contributed by atoms with E-state index in [1.807, 2.05) is 0 Å². The summed E-state index contributed by atoms with van der Waals surface area (Å²) < 4.78 is 0. The molecule has 98 valence electrons. The Hall–Kier alpha value is -1.83. The van der Waals surface area contributed by atoms with E-state index in [0.717, 1.165) is 0 Å². The van der Waals surface area contributed by atoms with E-state index in [0.29, 0.717) is 13.1 Å². The minimum absolute atomic E-state index is 0.391. The Morgan fingerprint density at radius 1 is 1.29 bits per heavy atom. The summed E-state index contributed by atoms with van der Waals surface area (Å²) in [6.07, 6.45) is -0.652. The fourth-order valence-corrected chi connectivity index (χ4v) is 1.01. The number of likely N-dealkylation sites (N-methyl/N-ethyl adjacent to an activating group) is 2. The molecule has 1 atom stereocenters. The molecule has 2 amide bonds. The largest absolute Gasteiger partial charge is 0.481 e. The molecule has 0 radical (unpaired) electrons. The highest BCUT2D eigenvalue weighted by atomic mass is 16.4. The van der Waals surface area contributed by atoms with Crippen LogP contribution in [0.1, 0.15) is 6.42 Å². The van der Waals surface area contributed by atoms with Crippen molar-refractivity contribution in [1.82, 2.24) is 15.5 Å². The molecular weight excluding hydrogens is 230 g/mol. The molecule has 0 aliphatic carbocycles. The first-order valence-corrected chi connectivity index (χ1v) is 4.99. The van der Waals surface area contributed by atoms with Gasteiger partial charge in [-0.3, -0.25) is 4.79 Å². The first-order valence-electron chi connectivity index (χ1n) is 4.99. The number of carboxylic acid groups (broad SMARTS) is 2. The highest BCUT2D eigenvalue weighted by Gasteiger charge is 2.24. The third kappa shape index (κ3) is 6.36. The third-order valence-corrected chi connectivity index (χ3v) is 2.02. The van der Waals surface area contributed by atoms with E-state index in [1.54, 1.807) is 7.05 Å². The zero-order valence-electron chi connectivity index (χ0n) is 9.77. The van der Waals surface area contributed by atoms with Crippen LogP contribution in [0.4, 0.5) is 4.79 Å². The molecule has 0 bridgehead atoms. The Labute approximate surface area is 98.6 Å². The third-order valence-electron chi connectivity index (χ3n) is 2.02. The molecule has 4 N–H and O–H groups in total. The van der Waals surface area contributed by atoms with Crippen LogP contribution >= 0.6 is 0 Å². The average molecular weight is 247 g/mol. The summed E-state index contributed by atoms with van der Waals surface area (Å²) in [6.45, 7) is 0.947. The molecule has 0 aromatic carbocycles. The van der Waals surface area contributed by atoms with Crippen LogP contribution in [0.2, 0.25) is 0 Å². The van der Waals surface area contributed by atoms with Gasteiger partial charge in [0.1, 0.15) is 6.04 Å². The number of carboxylic acids is 2. The second-order valence-electron chi connectivity index (χ2n) is 3.46. The van der Waals surface area contributed by atoms with Crippen molar-refractivity contribution in [2.24, 2.45) is 0 Å². The molecule has 0 unspecified atom stereocenters. The van der Waals surface area contributed by atoms with Crippen molar-refractivity contribution in [3.63, 3.8) is 0 Å². The van der Waals surface area contributed by atoms with Gasteiger partial charge in [-0.1, -0.05) is 0 Å². The lowest BCUT2D eigenvalue weighted by atomic mass is 10.2. The number of rotatable bonds is 7. The van der Waals surface area contributed by atoms with Gasteiger partial charge in [-0.15, -0.1) is 0 Å². The Bertz CT molecular complexity index is 294. The minimum atomic E-state index is -1.42. The van der Waals surface area contributed by atoms with Gasteiger partial charge < -0.3 is 25.7 Å². The topological polar surface area (TPSA) is 119 Å². The van der Waals surface area contributed by atoms with Crippen molar-refractivity contribution in [3.05, 3.63) is 0 Å². The standard InChI is InChI=1S/C9H17N3O5/c1-10-3-4-12(2)9(17)11-6(8(15)16)5-7(13)14/h6,10H,3-5H2,1-2H3,(H,11,17)(H,13,14)(H,15,16)/t6-/m1/s1. The van der Waals surface area contributed by atoms with E-state index in [9.17, 15) is 14.4 Å². The summed E-state index contributed by atoms with van der Waals surface area (Å²) in [4.78, 5) is 33.8. The highest BCUT2D eigenvalue weighted by molar-refractivity contribution is 5.86. The number of aliphatic carboxylic acids is 2. The van der Waals surface area contributed by atoms with Crippen LogP contribution in [0.25, 0.3) is 0 Å². The number of nitrogens with one attached hydrogen (secondary N) is 2. The maximum atomic E-state index is 11.5. The summed E-state index contributed by atoms with van der Waals surface area (Å²) in [6, 6.07) is -2.04. The number of amides is 2. The zero-order valence-corrected chi connectivity index (χ0v) is 9.77. The second kappa shape index (κ2) is 7.44. The molecule has 0 aromatic rings. The van der Waals surface area contributed by atoms with E-state index in [4.69, 9.17) is 10.2 Å². The molecule has 0 aliphatic heterocycles. The van der Waals surface area contributed by atoms with Gasteiger partial charge >= 0.3 is 18.0 Å². The van der Waals surface area contributed by atoms with Crippen LogP contribution in [0.15, 0.2) is 0 Å².